The molecule has 0 bridgehead atoms. The van der Waals surface area contributed by atoms with Crippen LogP contribution in [-0.2, 0) is 16.6 Å². The van der Waals surface area contributed by atoms with Crippen molar-refractivity contribution in [1.29, 1.82) is 0 Å². The fourth-order valence-corrected chi connectivity index (χ4v) is 3.32. The lowest BCUT2D eigenvalue weighted by molar-refractivity contribution is 0.491. The summed E-state index contributed by atoms with van der Waals surface area (Å²) in [7, 11) is -3.44. The molecule has 0 heterocycles. The molecular formula is C14H22N2O2S. The normalized spacial score (nSPS) is 16.6. The molecule has 1 aromatic carbocycles. The highest BCUT2D eigenvalue weighted by Crippen LogP contribution is 2.20. The summed E-state index contributed by atoms with van der Waals surface area (Å²) < 4.78 is 27.1. The molecule has 0 aromatic heterocycles. The molecular weight excluding hydrogens is 260 g/mol. The maximum absolute atomic E-state index is 12.2. The van der Waals surface area contributed by atoms with E-state index in [1.807, 2.05) is 26.8 Å². The van der Waals surface area contributed by atoms with E-state index in [9.17, 15) is 8.42 Å². The molecule has 5 heteroatoms. The quantitative estimate of drug-likeness (QED) is 0.868. The largest absolute Gasteiger partial charge is 0.310 e. The van der Waals surface area contributed by atoms with Gasteiger partial charge in [-0.25, -0.2) is 13.1 Å². The third-order valence-corrected chi connectivity index (χ3v) is 4.58. The fourth-order valence-electron chi connectivity index (χ4n) is 1.83. The molecule has 1 saturated carbocycles. The van der Waals surface area contributed by atoms with Crippen LogP contribution in [0.25, 0.3) is 0 Å². The topological polar surface area (TPSA) is 58.2 Å². The van der Waals surface area contributed by atoms with Gasteiger partial charge in [-0.2, -0.15) is 0 Å². The molecule has 106 valence electrons. The first-order valence-corrected chi connectivity index (χ1v) is 8.11. The summed E-state index contributed by atoms with van der Waals surface area (Å²) in [5.41, 5.74) is 0.532. The first kappa shape index (κ1) is 14.5. The highest BCUT2D eigenvalue weighted by Gasteiger charge is 2.23. The van der Waals surface area contributed by atoms with Gasteiger partial charge in [0.05, 0.1) is 4.90 Å². The Morgan fingerprint density at radius 2 is 1.95 bits per heavy atom. The molecule has 0 amide bonds. The summed E-state index contributed by atoms with van der Waals surface area (Å²) in [4.78, 5) is 0.331. The minimum absolute atomic E-state index is 0.331. The predicted octanol–water partition coefficient (Wildman–Crippen LogP) is 2.02. The van der Waals surface area contributed by atoms with Gasteiger partial charge in [0.1, 0.15) is 0 Å². The monoisotopic (exact) mass is 282 g/mol. The number of rotatable bonds is 5. The molecule has 4 nitrogen and oxygen atoms in total. The van der Waals surface area contributed by atoms with E-state index in [1.165, 1.54) is 12.8 Å². The molecule has 0 aliphatic heterocycles. The van der Waals surface area contributed by atoms with E-state index in [2.05, 4.69) is 10.0 Å². The Hall–Kier alpha value is -0.910. The summed E-state index contributed by atoms with van der Waals surface area (Å²) in [6.45, 7) is 6.23. The zero-order valence-corrected chi connectivity index (χ0v) is 12.5. The van der Waals surface area contributed by atoms with Gasteiger partial charge in [0.2, 0.25) is 10.0 Å². The Morgan fingerprint density at radius 3 is 2.53 bits per heavy atom. The zero-order valence-electron chi connectivity index (χ0n) is 11.7. The van der Waals surface area contributed by atoms with E-state index in [0.717, 1.165) is 12.1 Å². The molecule has 2 rings (SSSR count). The number of benzene rings is 1. The van der Waals surface area contributed by atoms with Crippen LogP contribution >= 0.6 is 0 Å². The fraction of sp³-hybridized carbons (Fsp3) is 0.571. The second kappa shape index (κ2) is 5.23. The van der Waals surface area contributed by atoms with Crippen molar-refractivity contribution < 1.29 is 8.42 Å². The first-order valence-electron chi connectivity index (χ1n) is 6.63. The van der Waals surface area contributed by atoms with Gasteiger partial charge < -0.3 is 5.32 Å². The standard InChI is InChI=1S/C14H22N2O2S/c1-14(2,3)16-19(17,18)13-6-4-5-11(9-13)10-15-12-7-8-12/h4-6,9,12,15-16H,7-8,10H2,1-3H3. The van der Waals surface area contributed by atoms with E-state index in [1.54, 1.807) is 18.2 Å². The molecule has 0 saturated heterocycles. The van der Waals surface area contributed by atoms with Gasteiger partial charge >= 0.3 is 0 Å². The van der Waals surface area contributed by atoms with Gasteiger partial charge in [-0.1, -0.05) is 12.1 Å². The van der Waals surface area contributed by atoms with Crippen LogP contribution in [0.2, 0.25) is 0 Å². The minimum Gasteiger partial charge on any atom is -0.310 e. The number of sulfonamides is 1. The Balaban J connectivity index is 2.12. The van der Waals surface area contributed by atoms with Crippen LogP contribution < -0.4 is 10.0 Å². The lowest BCUT2D eigenvalue weighted by Crippen LogP contribution is -2.40. The van der Waals surface area contributed by atoms with Crippen molar-refractivity contribution >= 4 is 10.0 Å². The van der Waals surface area contributed by atoms with Crippen LogP contribution in [0.1, 0.15) is 39.2 Å². The molecule has 0 unspecified atom stereocenters. The molecule has 0 spiro atoms. The van der Waals surface area contributed by atoms with Crippen molar-refractivity contribution in [2.45, 2.75) is 56.6 Å². The summed E-state index contributed by atoms with van der Waals surface area (Å²) in [5.74, 6) is 0. The number of hydrogen-bond acceptors (Lipinski definition) is 3. The van der Waals surface area contributed by atoms with Gasteiger partial charge in [-0.15, -0.1) is 0 Å². The van der Waals surface area contributed by atoms with Crippen molar-refractivity contribution in [2.24, 2.45) is 0 Å². The van der Waals surface area contributed by atoms with Crippen LogP contribution in [0.5, 0.6) is 0 Å². The minimum atomic E-state index is -3.44. The third kappa shape index (κ3) is 4.60. The second-order valence-corrected chi connectivity index (χ2v) is 7.84. The molecule has 19 heavy (non-hydrogen) atoms. The first-order chi connectivity index (χ1) is 8.76. The summed E-state index contributed by atoms with van der Waals surface area (Å²) >= 11 is 0. The highest BCUT2D eigenvalue weighted by molar-refractivity contribution is 7.89. The van der Waals surface area contributed by atoms with Crippen LogP contribution in [0.3, 0.4) is 0 Å². The lowest BCUT2D eigenvalue weighted by Gasteiger charge is -2.20. The van der Waals surface area contributed by atoms with Gasteiger partial charge in [-0.05, 0) is 51.3 Å². The summed E-state index contributed by atoms with van der Waals surface area (Å²) in [6.07, 6.45) is 2.45. The average molecular weight is 282 g/mol. The zero-order chi connectivity index (χ0) is 14.1. The Labute approximate surface area is 115 Å². The maximum Gasteiger partial charge on any atom is 0.241 e. The van der Waals surface area contributed by atoms with Crippen molar-refractivity contribution in [3.8, 4) is 0 Å². The third-order valence-electron chi connectivity index (χ3n) is 2.82. The average Bonchev–Trinajstić information content (AvgIpc) is 3.07. The van der Waals surface area contributed by atoms with Crippen LogP contribution in [-0.4, -0.2) is 20.0 Å². The molecule has 1 aromatic rings. The van der Waals surface area contributed by atoms with Crippen molar-refractivity contribution in [3.63, 3.8) is 0 Å². The number of hydrogen-bond donors (Lipinski definition) is 2. The summed E-state index contributed by atoms with van der Waals surface area (Å²) in [6, 6.07) is 7.73. The van der Waals surface area contributed by atoms with Gasteiger partial charge in [0.25, 0.3) is 0 Å². The van der Waals surface area contributed by atoms with Crippen LogP contribution in [0, 0.1) is 0 Å². The van der Waals surface area contributed by atoms with Crippen LogP contribution in [0.15, 0.2) is 29.2 Å². The highest BCUT2D eigenvalue weighted by atomic mass is 32.2. The predicted molar refractivity (Wildman–Crippen MR) is 76.4 cm³/mol. The van der Waals surface area contributed by atoms with E-state index >= 15 is 0 Å². The summed E-state index contributed by atoms with van der Waals surface area (Å²) in [5, 5.41) is 3.38. The van der Waals surface area contributed by atoms with E-state index in [4.69, 9.17) is 0 Å². The Bertz CT molecular complexity index is 543. The molecule has 1 aliphatic carbocycles. The maximum atomic E-state index is 12.2. The molecule has 2 N–H and O–H groups in total. The van der Waals surface area contributed by atoms with E-state index in [-0.39, 0.29) is 0 Å². The number of nitrogens with one attached hydrogen (secondary N) is 2. The molecule has 1 fully saturated rings. The lowest BCUT2D eigenvalue weighted by atomic mass is 10.1. The van der Waals surface area contributed by atoms with E-state index < -0.39 is 15.6 Å². The van der Waals surface area contributed by atoms with Gasteiger partial charge in [0, 0.05) is 18.1 Å². The van der Waals surface area contributed by atoms with Gasteiger partial charge in [-0.3, -0.25) is 0 Å². The molecule has 0 atom stereocenters. The van der Waals surface area contributed by atoms with Crippen molar-refractivity contribution in [3.05, 3.63) is 29.8 Å². The van der Waals surface area contributed by atoms with Crippen LogP contribution in [0.4, 0.5) is 0 Å². The Morgan fingerprint density at radius 1 is 1.26 bits per heavy atom. The Kier molecular flexibility index (Phi) is 3.99. The van der Waals surface area contributed by atoms with Crippen molar-refractivity contribution in [1.82, 2.24) is 10.0 Å². The SMILES string of the molecule is CC(C)(C)NS(=O)(=O)c1cccc(CNC2CC2)c1. The van der Waals surface area contributed by atoms with Gasteiger partial charge in [0.15, 0.2) is 0 Å². The van der Waals surface area contributed by atoms with Crippen molar-refractivity contribution in [2.75, 3.05) is 0 Å². The molecule has 1 aliphatic rings. The van der Waals surface area contributed by atoms with E-state index in [0.29, 0.717) is 10.9 Å². The smallest absolute Gasteiger partial charge is 0.241 e. The second-order valence-electron chi connectivity index (χ2n) is 6.16. The molecule has 0 radical (unpaired) electrons.